The first-order chi connectivity index (χ1) is 9.54. The van der Waals surface area contributed by atoms with E-state index in [2.05, 4.69) is 4.74 Å². The van der Waals surface area contributed by atoms with Crippen LogP contribution in [0.5, 0.6) is 0 Å². The molecule has 6 nitrogen and oxygen atoms in total. The van der Waals surface area contributed by atoms with Gasteiger partial charge in [0.2, 0.25) is 0 Å². The van der Waals surface area contributed by atoms with Gasteiger partial charge in [-0.05, 0) is 5.56 Å². The molecule has 0 aliphatic carbocycles. The Morgan fingerprint density at radius 3 is 2.55 bits per heavy atom. The van der Waals surface area contributed by atoms with Gasteiger partial charge in [0.05, 0.1) is 12.0 Å². The van der Waals surface area contributed by atoms with Crippen LogP contribution in [0.3, 0.4) is 0 Å². The van der Waals surface area contributed by atoms with Crippen molar-refractivity contribution in [1.82, 2.24) is 4.57 Å². The third-order valence-corrected chi connectivity index (χ3v) is 3.14. The van der Waals surface area contributed by atoms with Crippen LogP contribution in [0.15, 0.2) is 36.4 Å². The van der Waals surface area contributed by atoms with Gasteiger partial charge in [0, 0.05) is 19.5 Å². The van der Waals surface area contributed by atoms with Gasteiger partial charge in [0.15, 0.2) is 0 Å². The van der Waals surface area contributed by atoms with E-state index in [9.17, 15) is 14.9 Å². The van der Waals surface area contributed by atoms with Crippen molar-refractivity contribution in [3.63, 3.8) is 0 Å². The molecule has 0 N–H and O–H groups in total. The van der Waals surface area contributed by atoms with Crippen molar-refractivity contribution in [3.8, 4) is 0 Å². The van der Waals surface area contributed by atoms with Crippen LogP contribution in [0.1, 0.15) is 21.7 Å². The highest BCUT2D eigenvalue weighted by atomic mass is 16.6. The average Bonchev–Trinajstić information content (AvgIpc) is 2.77. The number of hydrogen-bond acceptors (Lipinski definition) is 4. The number of hydrogen-bond donors (Lipinski definition) is 0. The molecule has 0 aliphatic heterocycles. The summed E-state index contributed by atoms with van der Waals surface area (Å²) in [6.07, 6.45) is 0.380. The molecule has 0 radical (unpaired) electrons. The Labute approximate surface area is 115 Å². The lowest BCUT2D eigenvalue weighted by atomic mass is 10.1. The molecule has 20 heavy (non-hydrogen) atoms. The van der Waals surface area contributed by atoms with E-state index in [1.165, 1.54) is 17.7 Å². The van der Waals surface area contributed by atoms with Crippen molar-refractivity contribution in [2.75, 3.05) is 7.11 Å². The fraction of sp³-hybridized carbons (Fsp3) is 0.214. The first-order valence-electron chi connectivity index (χ1n) is 5.99. The number of nitro groups is 1. The van der Waals surface area contributed by atoms with E-state index >= 15 is 0 Å². The van der Waals surface area contributed by atoms with Gasteiger partial charge in [-0.1, -0.05) is 30.3 Å². The zero-order valence-corrected chi connectivity index (χ0v) is 11.2. The van der Waals surface area contributed by atoms with Gasteiger partial charge in [-0.3, -0.25) is 10.1 Å². The summed E-state index contributed by atoms with van der Waals surface area (Å²) in [5.41, 5.74) is 1.51. The third kappa shape index (κ3) is 2.54. The number of methoxy groups -OCH3 is 1. The first kappa shape index (κ1) is 13.8. The minimum Gasteiger partial charge on any atom is -0.464 e. The summed E-state index contributed by atoms with van der Waals surface area (Å²) in [6.45, 7) is 0. The molecule has 1 heterocycles. The summed E-state index contributed by atoms with van der Waals surface area (Å²) in [5.74, 6) is -0.588. The van der Waals surface area contributed by atoms with Crippen molar-refractivity contribution in [2.45, 2.75) is 6.42 Å². The van der Waals surface area contributed by atoms with E-state index in [0.717, 1.165) is 5.56 Å². The second-order valence-electron chi connectivity index (χ2n) is 4.33. The molecule has 0 fully saturated rings. The second kappa shape index (κ2) is 5.56. The molecule has 0 aliphatic rings. The van der Waals surface area contributed by atoms with Crippen LogP contribution in [0, 0.1) is 10.1 Å². The van der Waals surface area contributed by atoms with E-state index in [0.29, 0.717) is 12.1 Å². The highest BCUT2D eigenvalue weighted by Gasteiger charge is 2.25. The first-order valence-corrected chi connectivity index (χ1v) is 5.99. The lowest BCUT2D eigenvalue weighted by Gasteiger charge is -2.06. The third-order valence-electron chi connectivity index (χ3n) is 3.14. The van der Waals surface area contributed by atoms with Crippen LogP contribution < -0.4 is 0 Å². The van der Waals surface area contributed by atoms with Crippen molar-refractivity contribution in [3.05, 3.63) is 63.5 Å². The quantitative estimate of drug-likeness (QED) is 0.487. The van der Waals surface area contributed by atoms with E-state index in [4.69, 9.17) is 0 Å². The summed E-state index contributed by atoms with van der Waals surface area (Å²) in [5, 5.41) is 11.1. The van der Waals surface area contributed by atoms with Gasteiger partial charge < -0.3 is 9.30 Å². The fourth-order valence-electron chi connectivity index (χ4n) is 2.08. The zero-order valence-electron chi connectivity index (χ0n) is 11.2. The molecule has 0 saturated carbocycles. The summed E-state index contributed by atoms with van der Waals surface area (Å²) in [6, 6.07) is 10.6. The molecule has 104 valence electrons. The number of esters is 1. The Morgan fingerprint density at radius 2 is 2.00 bits per heavy atom. The van der Waals surface area contributed by atoms with Crippen LogP contribution in [-0.4, -0.2) is 22.6 Å². The van der Waals surface area contributed by atoms with Crippen molar-refractivity contribution < 1.29 is 14.5 Å². The summed E-state index contributed by atoms with van der Waals surface area (Å²) in [7, 11) is 2.87. The maximum atomic E-state index is 11.6. The second-order valence-corrected chi connectivity index (χ2v) is 4.33. The predicted octanol–water partition coefficient (Wildman–Crippen LogP) is 2.31. The molecule has 2 aromatic rings. The summed E-state index contributed by atoms with van der Waals surface area (Å²) < 4.78 is 6.14. The van der Waals surface area contributed by atoms with E-state index in [-0.39, 0.29) is 11.4 Å². The highest BCUT2D eigenvalue weighted by Crippen LogP contribution is 2.25. The van der Waals surface area contributed by atoms with Gasteiger partial charge in [0.1, 0.15) is 11.4 Å². The largest absolute Gasteiger partial charge is 0.464 e. The van der Waals surface area contributed by atoms with E-state index in [1.54, 1.807) is 7.05 Å². The topological polar surface area (TPSA) is 74.4 Å². The van der Waals surface area contributed by atoms with E-state index in [1.807, 2.05) is 30.3 Å². The summed E-state index contributed by atoms with van der Waals surface area (Å²) >= 11 is 0. The Balaban J connectivity index is 2.48. The number of aromatic nitrogens is 1. The van der Waals surface area contributed by atoms with Crippen molar-refractivity contribution in [2.24, 2.45) is 7.05 Å². The van der Waals surface area contributed by atoms with Crippen LogP contribution in [0.25, 0.3) is 0 Å². The van der Waals surface area contributed by atoms with Crippen molar-refractivity contribution in [1.29, 1.82) is 0 Å². The normalized spacial score (nSPS) is 10.3. The molecule has 0 amide bonds. The van der Waals surface area contributed by atoms with Gasteiger partial charge in [0.25, 0.3) is 5.69 Å². The van der Waals surface area contributed by atoms with E-state index < -0.39 is 10.9 Å². The van der Waals surface area contributed by atoms with Gasteiger partial charge >= 0.3 is 5.97 Å². The minimum atomic E-state index is -0.588. The molecule has 1 aromatic carbocycles. The van der Waals surface area contributed by atoms with Crippen LogP contribution in [0.4, 0.5) is 5.69 Å². The molecule has 1 aromatic heterocycles. The van der Waals surface area contributed by atoms with Gasteiger partial charge in [-0.25, -0.2) is 4.79 Å². The summed E-state index contributed by atoms with van der Waals surface area (Å²) in [4.78, 5) is 22.3. The number of ether oxygens (including phenoxy) is 1. The van der Waals surface area contributed by atoms with Gasteiger partial charge in [-0.15, -0.1) is 0 Å². The minimum absolute atomic E-state index is 0.0725. The maximum absolute atomic E-state index is 11.6. The monoisotopic (exact) mass is 274 g/mol. The number of rotatable bonds is 4. The Hall–Kier alpha value is -2.63. The SMILES string of the molecule is COC(=O)c1cc([N+](=O)[O-])c(Cc2ccccc2)n1C. The fourth-order valence-corrected chi connectivity index (χ4v) is 2.08. The maximum Gasteiger partial charge on any atom is 0.354 e. The number of carbonyl (C=O) groups is 1. The Kier molecular flexibility index (Phi) is 3.84. The zero-order chi connectivity index (χ0) is 14.7. The molecule has 6 heteroatoms. The lowest BCUT2D eigenvalue weighted by molar-refractivity contribution is -0.385. The molecule has 0 spiro atoms. The number of nitrogens with zero attached hydrogens (tertiary/aromatic N) is 2. The molecule has 0 bridgehead atoms. The van der Waals surface area contributed by atoms with Crippen LogP contribution >= 0.6 is 0 Å². The smallest absolute Gasteiger partial charge is 0.354 e. The standard InChI is InChI=1S/C14H14N2O4/c1-15-11(8-10-6-4-3-5-7-10)12(16(18)19)9-13(15)14(17)20-2/h3-7,9H,8H2,1-2H3. The molecule has 2 rings (SSSR count). The molecule has 0 saturated heterocycles. The molecule has 0 atom stereocenters. The van der Waals surface area contributed by atoms with Gasteiger partial charge in [-0.2, -0.15) is 0 Å². The Morgan fingerprint density at radius 1 is 1.35 bits per heavy atom. The molecular weight excluding hydrogens is 260 g/mol. The lowest BCUT2D eigenvalue weighted by Crippen LogP contribution is -2.09. The van der Waals surface area contributed by atoms with Crippen LogP contribution in [0.2, 0.25) is 0 Å². The molecule has 0 unspecified atom stereocenters. The number of benzene rings is 1. The molecular formula is C14H14N2O4. The highest BCUT2D eigenvalue weighted by molar-refractivity contribution is 5.89. The Bertz CT molecular complexity index is 647. The van der Waals surface area contributed by atoms with Crippen molar-refractivity contribution >= 4 is 11.7 Å². The average molecular weight is 274 g/mol. The predicted molar refractivity (Wildman–Crippen MR) is 72.7 cm³/mol. The van der Waals surface area contributed by atoms with Crippen LogP contribution in [-0.2, 0) is 18.2 Å². The number of carbonyl (C=O) groups excluding carboxylic acids is 1.